The van der Waals surface area contributed by atoms with Crippen LogP contribution in [0, 0.1) is 0 Å². The number of nitrogens with two attached hydrogens (primary N) is 1. The number of hydrogen-bond acceptors (Lipinski definition) is 6. The molecule has 6 nitrogen and oxygen atoms in total. The molecule has 0 bridgehead atoms. The molecule has 2 N–H and O–H groups in total. The SMILES string of the molecule is CCc1nnc(N2C(=O)c3ccc(N)cc3C2=O)s1. The molecule has 96 valence electrons. The van der Waals surface area contributed by atoms with E-state index in [0.717, 1.165) is 9.91 Å². The van der Waals surface area contributed by atoms with E-state index in [1.54, 1.807) is 12.1 Å². The number of aryl methyl sites for hydroxylation is 1. The smallest absolute Gasteiger partial charge is 0.268 e. The molecule has 2 aromatic rings. The summed E-state index contributed by atoms with van der Waals surface area (Å²) < 4.78 is 0. The number of benzene rings is 1. The molecule has 0 saturated carbocycles. The summed E-state index contributed by atoms with van der Waals surface area (Å²) in [5.41, 5.74) is 6.76. The van der Waals surface area contributed by atoms with Crippen molar-refractivity contribution in [2.45, 2.75) is 13.3 Å². The van der Waals surface area contributed by atoms with Gasteiger partial charge < -0.3 is 5.73 Å². The molecule has 2 heterocycles. The fourth-order valence-corrected chi connectivity index (χ4v) is 2.69. The van der Waals surface area contributed by atoms with Gasteiger partial charge in [0.25, 0.3) is 11.8 Å². The van der Waals surface area contributed by atoms with Gasteiger partial charge >= 0.3 is 0 Å². The van der Waals surface area contributed by atoms with Gasteiger partial charge in [-0.2, -0.15) is 0 Å². The van der Waals surface area contributed by atoms with Crippen LogP contribution >= 0.6 is 11.3 Å². The van der Waals surface area contributed by atoms with Gasteiger partial charge in [0.05, 0.1) is 11.1 Å². The van der Waals surface area contributed by atoms with Crippen molar-refractivity contribution in [3.63, 3.8) is 0 Å². The van der Waals surface area contributed by atoms with Crippen LogP contribution in [0.2, 0.25) is 0 Å². The molecule has 1 aliphatic heterocycles. The maximum Gasteiger partial charge on any atom is 0.268 e. The van der Waals surface area contributed by atoms with Crippen molar-refractivity contribution in [1.82, 2.24) is 10.2 Å². The number of aromatic nitrogens is 2. The Labute approximate surface area is 112 Å². The Morgan fingerprint density at radius 2 is 1.95 bits per heavy atom. The minimum absolute atomic E-state index is 0.307. The summed E-state index contributed by atoms with van der Waals surface area (Å²) in [6.45, 7) is 1.94. The highest BCUT2D eigenvalue weighted by molar-refractivity contribution is 7.15. The van der Waals surface area contributed by atoms with Gasteiger partial charge in [0, 0.05) is 5.69 Å². The van der Waals surface area contributed by atoms with Gasteiger partial charge in [-0.15, -0.1) is 10.2 Å². The molecule has 1 aromatic carbocycles. The Bertz CT molecular complexity index is 695. The highest BCUT2D eigenvalue weighted by atomic mass is 32.1. The lowest BCUT2D eigenvalue weighted by Gasteiger charge is -2.07. The zero-order valence-electron chi connectivity index (χ0n) is 10.1. The summed E-state index contributed by atoms with van der Waals surface area (Å²) >= 11 is 1.24. The number of anilines is 2. The van der Waals surface area contributed by atoms with Crippen molar-refractivity contribution in [2.75, 3.05) is 10.6 Å². The first kappa shape index (κ1) is 11.8. The molecule has 0 saturated heterocycles. The van der Waals surface area contributed by atoms with E-state index in [1.165, 1.54) is 17.4 Å². The lowest BCUT2D eigenvalue weighted by Crippen LogP contribution is -2.29. The normalized spacial score (nSPS) is 14.1. The average molecular weight is 274 g/mol. The van der Waals surface area contributed by atoms with Crippen molar-refractivity contribution < 1.29 is 9.59 Å². The highest BCUT2D eigenvalue weighted by Gasteiger charge is 2.38. The molecule has 0 aliphatic carbocycles. The van der Waals surface area contributed by atoms with E-state index in [4.69, 9.17) is 5.73 Å². The minimum atomic E-state index is -0.397. The average Bonchev–Trinajstić information content (AvgIpc) is 2.94. The van der Waals surface area contributed by atoms with E-state index >= 15 is 0 Å². The van der Waals surface area contributed by atoms with Crippen LogP contribution in [0.1, 0.15) is 32.6 Å². The van der Waals surface area contributed by atoms with Crippen LogP contribution in [-0.2, 0) is 6.42 Å². The number of carbonyl (C=O) groups excluding carboxylic acids is 2. The lowest BCUT2D eigenvalue weighted by atomic mass is 10.1. The lowest BCUT2D eigenvalue weighted by molar-refractivity contribution is 0.0926. The van der Waals surface area contributed by atoms with Crippen LogP contribution in [0.25, 0.3) is 0 Å². The molecule has 0 atom stereocenters. The third-order valence-electron chi connectivity index (χ3n) is 2.86. The summed E-state index contributed by atoms with van der Waals surface area (Å²) in [7, 11) is 0. The molecule has 0 spiro atoms. The zero-order valence-corrected chi connectivity index (χ0v) is 10.9. The van der Waals surface area contributed by atoms with E-state index in [1.807, 2.05) is 6.92 Å². The first-order valence-corrected chi connectivity index (χ1v) is 6.54. The van der Waals surface area contributed by atoms with Crippen LogP contribution in [0.15, 0.2) is 18.2 Å². The van der Waals surface area contributed by atoms with Gasteiger partial charge in [0.2, 0.25) is 5.13 Å². The van der Waals surface area contributed by atoms with Gasteiger partial charge in [-0.05, 0) is 24.6 Å². The molecule has 19 heavy (non-hydrogen) atoms. The van der Waals surface area contributed by atoms with E-state index in [2.05, 4.69) is 10.2 Å². The summed E-state index contributed by atoms with van der Waals surface area (Å²) in [5.74, 6) is -0.773. The molecular weight excluding hydrogens is 264 g/mol. The molecule has 0 radical (unpaired) electrons. The molecule has 0 fully saturated rings. The van der Waals surface area contributed by atoms with Crippen molar-refractivity contribution in [1.29, 1.82) is 0 Å². The standard InChI is InChI=1S/C12H10N4O2S/c1-2-9-14-15-12(19-9)16-10(17)7-4-3-6(13)5-8(7)11(16)18/h3-5H,2,13H2,1H3. The summed E-state index contributed by atoms with van der Waals surface area (Å²) in [5, 5.41) is 8.91. The number of amides is 2. The maximum absolute atomic E-state index is 12.2. The number of hydrogen-bond donors (Lipinski definition) is 1. The summed E-state index contributed by atoms with van der Waals surface area (Å²) in [6.07, 6.45) is 0.716. The number of nitrogen functional groups attached to an aromatic ring is 1. The molecular formula is C12H10N4O2S. The van der Waals surface area contributed by atoms with Gasteiger partial charge in [-0.1, -0.05) is 18.3 Å². The molecule has 7 heteroatoms. The van der Waals surface area contributed by atoms with Crippen LogP contribution < -0.4 is 10.6 Å². The maximum atomic E-state index is 12.2. The topological polar surface area (TPSA) is 89.2 Å². The van der Waals surface area contributed by atoms with Gasteiger partial charge in [-0.3, -0.25) is 9.59 Å². The first-order chi connectivity index (χ1) is 9.11. The molecule has 3 rings (SSSR count). The Morgan fingerprint density at radius 3 is 2.63 bits per heavy atom. The Kier molecular flexibility index (Phi) is 2.56. The van der Waals surface area contributed by atoms with Gasteiger partial charge in [0.15, 0.2) is 0 Å². The number of carbonyl (C=O) groups is 2. The van der Waals surface area contributed by atoms with Crippen LogP contribution in [0.4, 0.5) is 10.8 Å². The summed E-state index contributed by atoms with van der Waals surface area (Å²) in [6, 6.07) is 4.68. The zero-order chi connectivity index (χ0) is 13.6. The predicted molar refractivity (Wildman–Crippen MR) is 71.3 cm³/mol. The van der Waals surface area contributed by atoms with E-state index < -0.39 is 5.91 Å². The first-order valence-electron chi connectivity index (χ1n) is 5.72. The van der Waals surface area contributed by atoms with Crippen molar-refractivity contribution >= 4 is 34.0 Å². The second-order valence-electron chi connectivity index (χ2n) is 4.08. The van der Waals surface area contributed by atoms with E-state index in [0.29, 0.717) is 28.4 Å². The Morgan fingerprint density at radius 1 is 1.21 bits per heavy atom. The number of fused-ring (bicyclic) bond motifs is 1. The van der Waals surface area contributed by atoms with Crippen LogP contribution in [0.3, 0.4) is 0 Å². The van der Waals surface area contributed by atoms with Crippen molar-refractivity contribution in [3.05, 3.63) is 34.3 Å². The molecule has 1 aromatic heterocycles. The van der Waals surface area contributed by atoms with Crippen LogP contribution in [0.5, 0.6) is 0 Å². The number of rotatable bonds is 2. The third kappa shape index (κ3) is 1.70. The second-order valence-corrected chi connectivity index (χ2v) is 5.12. The van der Waals surface area contributed by atoms with E-state index in [-0.39, 0.29) is 5.91 Å². The highest BCUT2D eigenvalue weighted by Crippen LogP contribution is 2.31. The second kappa shape index (κ2) is 4.13. The van der Waals surface area contributed by atoms with E-state index in [9.17, 15) is 9.59 Å². The fraction of sp³-hybridized carbons (Fsp3) is 0.167. The molecule has 0 unspecified atom stereocenters. The van der Waals surface area contributed by atoms with Gasteiger partial charge in [0.1, 0.15) is 5.01 Å². The quantitative estimate of drug-likeness (QED) is 0.662. The minimum Gasteiger partial charge on any atom is -0.399 e. The summed E-state index contributed by atoms with van der Waals surface area (Å²) in [4.78, 5) is 25.5. The van der Waals surface area contributed by atoms with Crippen LogP contribution in [-0.4, -0.2) is 22.0 Å². The van der Waals surface area contributed by atoms with Crippen molar-refractivity contribution in [3.8, 4) is 0 Å². The monoisotopic (exact) mass is 274 g/mol. The molecule has 1 aliphatic rings. The molecule has 2 amide bonds. The third-order valence-corrected chi connectivity index (χ3v) is 3.91. The number of imide groups is 1. The van der Waals surface area contributed by atoms with Crippen molar-refractivity contribution in [2.24, 2.45) is 0 Å². The Balaban J connectivity index is 2.07. The predicted octanol–water partition coefficient (Wildman–Crippen LogP) is 1.48. The fourth-order valence-electron chi connectivity index (χ4n) is 1.91. The van der Waals surface area contributed by atoms with Gasteiger partial charge in [-0.25, -0.2) is 4.90 Å². The largest absolute Gasteiger partial charge is 0.399 e. The number of nitrogens with zero attached hydrogens (tertiary/aromatic N) is 3. The Hall–Kier alpha value is -2.28.